The van der Waals surface area contributed by atoms with Crippen molar-refractivity contribution >= 4 is 5.91 Å². The number of carbonyl (C=O) groups is 1. The summed E-state index contributed by atoms with van der Waals surface area (Å²) in [5, 5.41) is 2.70. The van der Waals surface area contributed by atoms with Crippen LogP contribution < -0.4 is 5.32 Å². The maximum absolute atomic E-state index is 11.3. The van der Waals surface area contributed by atoms with Gasteiger partial charge >= 0.3 is 0 Å². The average Bonchev–Trinajstić information content (AvgIpc) is 2.03. The molecular weight excluding hydrogens is 138 g/mol. The van der Waals surface area contributed by atoms with Gasteiger partial charge in [-0.05, 0) is 12.8 Å². The Morgan fingerprint density at radius 3 is 2.27 bits per heavy atom. The van der Waals surface area contributed by atoms with Crippen molar-refractivity contribution in [1.82, 2.24) is 5.32 Å². The molecule has 1 unspecified atom stereocenters. The third-order valence-corrected chi connectivity index (χ3v) is 2.36. The summed E-state index contributed by atoms with van der Waals surface area (Å²) >= 11 is 0. The van der Waals surface area contributed by atoms with Crippen molar-refractivity contribution in [3.8, 4) is 0 Å². The molecule has 66 valence electrons. The van der Waals surface area contributed by atoms with Gasteiger partial charge in [0.2, 0.25) is 5.91 Å². The summed E-state index contributed by atoms with van der Waals surface area (Å²) in [5.41, 5.74) is -0.149. The molecule has 1 N–H and O–H groups in total. The van der Waals surface area contributed by atoms with Crippen molar-refractivity contribution < 1.29 is 4.79 Å². The molecule has 0 saturated carbocycles. The number of hydrogen-bond acceptors (Lipinski definition) is 1. The molecule has 0 fully saturated rings. The maximum Gasteiger partial charge on any atom is 0.225 e. The third kappa shape index (κ3) is 2.52. The van der Waals surface area contributed by atoms with Gasteiger partial charge in [0.25, 0.3) is 0 Å². The van der Waals surface area contributed by atoms with Crippen LogP contribution in [-0.2, 0) is 4.79 Å². The van der Waals surface area contributed by atoms with Crippen LogP contribution in [0.3, 0.4) is 0 Å². The fourth-order valence-electron chi connectivity index (χ4n) is 1.30. The lowest BCUT2D eigenvalue weighted by atomic mass is 9.82. The van der Waals surface area contributed by atoms with Crippen LogP contribution in [0.2, 0.25) is 0 Å². The summed E-state index contributed by atoms with van der Waals surface area (Å²) in [7, 11) is 1.70. The molecule has 0 bridgehead atoms. The van der Waals surface area contributed by atoms with Gasteiger partial charge in [-0.15, -0.1) is 0 Å². The minimum Gasteiger partial charge on any atom is -0.359 e. The minimum absolute atomic E-state index is 0.149. The van der Waals surface area contributed by atoms with E-state index in [-0.39, 0.29) is 11.3 Å². The monoisotopic (exact) mass is 157 g/mol. The van der Waals surface area contributed by atoms with Gasteiger partial charge in [-0.1, -0.05) is 27.2 Å². The maximum atomic E-state index is 11.3. The average molecular weight is 157 g/mol. The number of hydrogen-bond donors (Lipinski definition) is 1. The summed E-state index contributed by atoms with van der Waals surface area (Å²) in [6.07, 6.45) is 2.96. The van der Waals surface area contributed by atoms with Crippen LogP contribution in [-0.4, -0.2) is 13.0 Å². The van der Waals surface area contributed by atoms with Gasteiger partial charge in [-0.25, -0.2) is 0 Å². The Kier molecular flexibility index (Phi) is 4.16. The minimum atomic E-state index is -0.149. The highest BCUT2D eigenvalue weighted by molar-refractivity contribution is 5.81. The first-order valence-corrected chi connectivity index (χ1v) is 4.33. The van der Waals surface area contributed by atoms with E-state index >= 15 is 0 Å². The van der Waals surface area contributed by atoms with Gasteiger partial charge in [0.1, 0.15) is 0 Å². The first kappa shape index (κ1) is 10.5. The van der Waals surface area contributed by atoms with E-state index in [1.807, 2.05) is 6.92 Å². The smallest absolute Gasteiger partial charge is 0.225 e. The van der Waals surface area contributed by atoms with Crippen molar-refractivity contribution in [2.24, 2.45) is 5.41 Å². The van der Waals surface area contributed by atoms with Crippen LogP contribution in [0.1, 0.15) is 40.0 Å². The predicted molar refractivity (Wildman–Crippen MR) is 47.4 cm³/mol. The summed E-state index contributed by atoms with van der Waals surface area (Å²) in [6, 6.07) is 0. The highest BCUT2D eigenvalue weighted by Crippen LogP contribution is 2.26. The van der Waals surface area contributed by atoms with Gasteiger partial charge < -0.3 is 5.32 Å². The Labute approximate surface area is 69.4 Å². The van der Waals surface area contributed by atoms with Crippen molar-refractivity contribution in [3.05, 3.63) is 0 Å². The topological polar surface area (TPSA) is 29.1 Å². The Morgan fingerprint density at radius 1 is 1.45 bits per heavy atom. The first-order chi connectivity index (χ1) is 5.10. The molecule has 0 aliphatic carbocycles. The molecule has 0 radical (unpaired) electrons. The van der Waals surface area contributed by atoms with E-state index in [4.69, 9.17) is 0 Å². The molecular formula is C9H19NO. The molecule has 0 aliphatic rings. The molecule has 0 aromatic heterocycles. The number of carbonyl (C=O) groups excluding carboxylic acids is 1. The predicted octanol–water partition coefficient (Wildman–Crippen LogP) is 1.95. The number of rotatable bonds is 4. The van der Waals surface area contributed by atoms with Crippen molar-refractivity contribution in [3.63, 3.8) is 0 Å². The van der Waals surface area contributed by atoms with E-state index in [0.29, 0.717) is 0 Å². The van der Waals surface area contributed by atoms with Crippen LogP contribution in [0, 0.1) is 5.41 Å². The Bertz CT molecular complexity index is 134. The molecule has 2 nitrogen and oxygen atoms in total. The zero-order chi connectivity index (χ0) is 8.91. The second kappa shape index (κ2) is 4.37. The molecule has 1 atom stereocenters. The molecule has 0 aromatic rings. The standard InChI is InChI=1S/C9H19NO/c1-5-7-9(3,6-2)8(11)10-4/h5-7H2,1-4H3,(H,10,11). The zero-order valence-corrected chi connectivity index (χ0v) is 8.03. The Hall–Kier alpha value is -0.530. The zero-order valence-electron chi connectivity index (χ0n) is 8.03. The van der Waals surface area contributed by atoms with Crippen molar-refractivity contribution in [1.29, 1.82) is 0 Å². The Balaban J connectivity index is 4.19. The Morgan fingerprint density at radius 2 is 2.00 bits per heavy atom. The van der Waals surface area contributed by atoms with Crippen LogP contribution in [0.4, 0.5) is 0 Å². The highest BCUT2D eigenvalue weighted by atomic mass is 16.2. The lowest BCUT2D eigenvalue weighted by Gasteiger charge is -2.25. The molecule has 0 heterocycles. The first-order valence-electron chi connectivity index (χ1n) is 4.33. The molecule has 0 spiro atoms. The summed E-state index contributed by atoms with van der Waals surface area (Å²) in [5.74, 6) is 0.168. The van der Waals surface area contributed by atoms with E-state index in [1.54, 1.807) is 7.05 Å². The molecule has 1 amide bonds. The lowest BCUT2D eigenvalue weighted by Crippen LogP contribution is -2.36. The summed E-state index contributed by atoms with van der Waals surface area (Å²) in [6.45, 7) is 6.19. The quantitative estimate of drug-likeness (QED) is 0.664. The molecule has 0 aliphatic heterocycles. The number of amides is 1. The second-order valence-electron chi connectivity index (χ2n) is 3.24. The molecule has 2 heteroatoms. The lowest BCUT2D eigenvalue weighted by molar-refractivity contribution is -0.130. The van der Waals surface area contributed by atoms with Gasteiger partial charge in [-0.3, -0.25) is 4.79 Å². The second-order valence-corrected chi connectivity index (χ2v) is 3.24. The van der Waals surface area contributed by atoms with E-state index in [1.165, 1.54) is 0 Å². The van der Waals surface area contributed by atoms with Crippen LogP contribution in [0.15, 0.2) is 0 Å². The van der Waals surface area contributed by atoms with Crippen molar-refractivity contribution in [2.75, 3.05) is 7.05 Å². The molecule has 0 aromatic carbocycles. The van der Waals surface area contributed by atoms with E-state index in [2.05, 4.69) is 19.2 Å². The van der Waals surface area contributed by atoms with Gasteiger partial charge in [0.15, 0.2) is 0 Å². The SMILES string of the molecule is CCCC(C)(CC)C(=O)NC. The van der Waals surface area contributed by atoms with Crippen LogP contribution >= 0.6 is 0 Å². The molecule has 0 rings (SSSR count). The van der Waals surface area contributed by atoms with Crippen LogP contribution in [0.25, 0.3) is 0 Å². The third-order valence-electron chi connectivity index (χ3n) is 2.36. The summed E-state index contributed by atoms with van der Waals surface area (Å²) in [4.78, 5) is 11.3. The molecule has 11 heavy (non-hydrogen) atoms. The number of nitrogens with one attached hydrogen (secondary N) is 1. The van der Waals surface area contributed by atoms with Crippen LogP contribution in [0.5, 0.6) is 0 Å². The normalized spacial score (nSPS) is 15.6. The van der Waals surface area contributed by atoms with Gasteiger partial charge in [0.05, 0.1) is 0 Å². The largest absolute Gasteiger partial charge is 0.359 e. The van der Waals surface area contributed by atoms with Gasteiger partial charge in [0, 0.05) is 12.5 Å². The van der Waals surface area contributed by atoms with E-state index in [9.17, 15) is 4.79 Å². The van der Waals surface area contributed by atoms with Gasteiger partial charge in [-0.2, -0.15) is 0 Å². The van der Waals surface area contributed by atoms with Crippen molar-refractivity contribution in [2.45, 2.75) is 40.0 Å². The van der Waals surface area contributed by atoms with E-state index < -0.39 is 0 Å². The highest BCUT2D eigenvalue weighted by Gasteiger charge is 2.28. The fourth-order valence-corrected chi connectivity index (χ4v) is 1.30. The summed E-state index contributed by atoms with van der Waals surface area (Å²) < 4.78 is 0. The molecule has 0 saturated heterocycles. The van der Waals surface area contributed by atoms with E-state index in [0.717, 1.165) is 19.3 Å². The fraction of sp³-hybridized carbons (Fsp3) is 0.889.